The van der Waals surface area contributed by atoms with E-state index in [0.717, 1.165) is 28.8 Å². The third-order valence-corrected chi connectivity index (χ3v) is 3.93. The Balaban J connectivity index is 2.47. The Morgan fingerprint density at radius 3 is 2.80 bits per heavy atom. The van der Waals surface area contributed by atoms with Crippen LogP contribution in [0.25, 0.3) is 10.2 Å². The van der Waals surface area contributed by atoms with E-state index in [1.54, 1.807) is 0 Å². The van der Waals surface area contributed by atoms with E-state index in [1.165, 1.54) is 35.5 Å². The van der Waals surface area contributed by atoms with E-state index in [4.69, 9.17) is 0 Å². The molecular formula is C11H12N2OS. The predicted octanol–water partition coefficient (Wildman–Crippen LogP) is 2.17. The molecular weight excluding hydrogens is 208 g/mol. The van der Waals surface area contributed by atoms with E-state index >= 15 is 0 Å². The van der Waals surface area contributed by atoms with E-state index in [2.05, 4.69) is 9.36 Å². The Hall–Kier alpha value is -1.16. The number of fused-ring (bicyclic) bond motifs is 3. The minimum atomic E-state index is 0.0423. The van der Waals surface area contributed by atoms with Gasteiger partial charge in [0.25, 0.3) is 5.56 Å². The van der Waals surface area contributed by atoms with E-state index in [0.29, 0.717) is 0 Å². The Bertz CT molecular complexity index is 582. The summed E-state index contributed by atoms with van der Waals surface area (Å²) in [6.45, 7) is 2.05. The second-order valence-corrected chi connectivity index (χ2v) is 4.87. The van der Waals surface area contributed by atoms with Gasteiger partial charge in [-0.15, -0.1) is 0 Å². The molecule has 2 aromatic heterocycles. The number of nitrogens with one attached hydrogen (secondary N) is 1. The van der Waals surface area contributed by atoms with E-state index in [-0.39, 0.29) is 5.56 Å². The predicted molar refractivity (Wildman–Crippen MR) is 61.6 cm³/mol. The number of aromatic nitrogens is 2. The molecule has 0 unspecified atom stereocenters. The lowest BCUT2D eigenvalue weighted by molar-refractivity contribution is 0.683. The van der Waals surface area contributed by atoms with Gasteiger partial charge >= 0.3 is 0 Å². The Labute approximate surface area is 91.3 Å². The second kappa shape index (κ2) is 3.17. The van der Waals surface area contributed by atoms with Gasteiger partial charge < -0.3 is 0 Å². The molecule has 0 saturated heterocycles. The molecule has 78 valence electrons. The van der Waals surface area contributed by atoms with E-state index < -0.39 is 0 Å². The molecule has 4 heteroatoms. The molecule has 0 spiro atoms. The van der Waals surface area contributed by atoms with Crippen molar-refractivity contribution in [1.29, 1.82) is 0 Å². The zero-order valence-electron chi connectivity index (χ0n) is 8.59. The minimum absolute atomic E-state index is 0.0423. The molecule has 3 nitrogen and oxygen atoms in total. The highest BCUT2D eigenvalue weighted by Gasteiger charge is 2.18. The van der Waals surface area contributed by atoms with Gasteiger partial charge in [-0.25, -0.2) is 4.98 Å². The van der Waals surface area contributed by atoms with Crippen molar-refractivity contribution in [2.24, 2.45) is 0 Å². The van der Waals surface area contributed by atoms with Crippen molar-refractivity contribution in [1.82, 2.24) is 9.36 Å². The third-order valence-electron chi connectivity index (χ3n) is 3.16. The molecule has 2 aromatic rings. The Kier molecular flexibility index (Phi) is 1.92. The fraction of sp³-hybridized carbons (Fsp3) is 0.455. The van der Waals surface area contributed by atoms with Crippen LogP contribution in [-0.2, 0) is 12.8 Å². The molecule has 2 heterocycles. The van der Waals surface area contributed by atoms with Gasteiger partial charge in [0.15, 0.2) is 0 Å². The zero-order chi connectivity index (χ0) is 10.4. The minimum Gasteiger partial charge on any atom is -0.275 e. The summed E-state index contributed by atoms with van der Waals surface area (Å²) < 4.78 is 2.78. The van der Waals surface area contributed by atoms with Gasteiger partial charge in [-0.3, -0.25) is 9.17 Å². The fourth-order valence-corrected chi connectivity index (χ4v) is 3.23. The van der Waals surface area contributed by atoms with E-state index in [1.807, 2.05) is 6.92 Å². The molecule has 0 amide bonds. The van der Waals surface area contributed by atoms with Gasteiger partial charge in [-0.2, -0.15) is 0 Å². The highest BCUT2D eigenvalue weighted by atomic mass is 32.1. The average Bonchev–Trinajstić information content (AvgIpc) is 2.61. The molecule has 0 bridgehead atoms. The molecule has 1 aliphatic rings. The maximum absolute atomic E-state index is 11.7. The maximum Gasteiger partial charge on any atom is 0.267 e. The van der Waals surface area contributed by atoms with Crippen LogP contribution in [0, 0.1) is 6.92 Å². The Morgan fingerprint density at radius 1 is 1.27 bits per heavy atom. The number of hydrogen-bond acceptors (Lipinski definition) is 3. The van der Waals surface area contributed by atoms with Crippen molar-refractivity contribution in [3.8, 4) is 0 Å². The lowest BCUT2D eigenvalue weighted by Crippen LogP contribution is -2.10. The Morgan fingerprint density at radius 2 is 2.00 bits per heavy atom. The molecule has 1 aliphatic carbocycles. The van der Waals surface area contributed by atoms with Crippen LogP contribution in [0.15, 0.2) is 4.79 Å². The van der Waals surface area contributed by atoms with Crippen LogP contribution >= 0.6 is 11.5 Å². The molecule has 0 aromatic carbocycles. The van der Waals surface area contributed by atoms with Crippen LogP contribution in [0.5, 0.6) is 0 Å². The topological polar surface area (TPSA) is 45.8 Å². The summed E-state index contributed by atoms with van der Waals surface area (Å²) in [5.74, 6) is 0. The molecule has 3 rings (SSSR count). The quantitative estimate of drug-likeness (QED) is 0.739. The lowest BCUT2D eigenvalue weighted by Gasteiger charge is -2.17. The largest absolute Gasteiger partial charge is 0.275 e. The molecule has 0 saturated carbocycles. The fourth-order valence-electron chi connectivity index (χ4n) is 2.44. The molecule has 1 N–H and O–H groups in total. The van der Waals surface area contributed by atoms with Gasteiger partial charge in [0.2, 0.25) is 0 Å². The van der Waals surface area contributed by atoms with Gasteiger partial charge in [0.05, 0.1) is 5.39 Å². The first-order valence-corrected chi connectivity index (χ1v) is 6.08. The summed E-state index contributed by atoms with van der Waals surface area (Å²) in [5, 5.41) is 0.848. The summed E-state index contributed by atoms with van der Waals surface area (Å²) in [6, 6.07) is 0. The number of aromatic amines is 1. The summed E-state index contributed by atoms with van der Waals surface area (Å²) in [4.78, 5) is 17.0. The van der Waals surface area contributed by atoms with Crippen molar-refractivity contribution in [3.05, 3.63) is 27.2 Å². The number of nitrogens with zero attached hydrogens (tertiary/aromatic N) is 1. The maximum atomic E-state index is 11.7. The second-order valence-electron chi connectivity index (χ2n) is 4.07. The van der Waals surface area contributed by atoms with Crippen LogP contribution in [0.3, 0.4) is 0 Å². The van der Waals surface area contributed by atoms with Crippen molar-refractivity contribution in [3.63, 3.8) is 0 Å². The highest BCUT2D eigenvalue weighted by molar-refractivity contribution is 7.12. The summed E-state index contributed by atoms with van der Waals surface area (Å²) in [5.41, 5.74) is 3.72. The molecule has 0 fully saturated rings. The molecule has 0 atom stereocenters. The van der Waals surface area contributed by atoms with Gasteiger partial charge in [-0.05, 0) is 55.3 Å². The van der Waals surface area contributed by atoms with Crippen LogP contribution < -0.4 is 5.56 Å². The monoisotopic (exact) mass is 220 g/mol. The van der Waals surface area contributed by atoms with Crippen molar-refractivity contribution >= 4 is 21.7 Å². The molecule has 0 aliphatic heterocycles. The normalized spacial score (nSPS) is 15.5. The van der Waals surface area contributed by atoms with Crippen molar-refractivity contribution in [2.45, 2.75) is 32.6 Å². The molecule has 15 heavy (non-hydrogen) atoms. The number of pyridine rings is 1. The van der Waals surface area contributed by atoms with Gasteiger partial charge in [0, 0.05) is 5.69 Å². The summed E-state index contributed by atoms with van der Waals surface area (Å²) >= 11 is 1.35. The average molecular weight is 220 g/mol. The van der Waals surface area contributed by atoms with Crippen LogP contribution in [0.4, 0.5) is 0 Å². The van der Waals surface area contributed by atoms with Crippen LogP contribution in [0.2, 0.25) is 0 Å². The molecule has 0 radical (unpaired) electrons. The standard InChI is InChI=1S/C11H12N2OS/c1-6-7-4-2-3-5-8(7)9-10(14)13-15-11(9)12-6/h2-5H2,1H3,(H,13,14). The summed E-state index contributed by atoms with van der Waals surface area (Å²) in [6.07, 6.45) is 4.54. The van der Waals surface area contributed by atoms with Crippen LogP contribution in [-0.4, -0.2) is 9.36 Å². The highest BCUT2D eigenvalue weighted by Crippen LogP contribution is 2.29. The van der Waals surface area contributed by atoms with Gasteiger partial charge in [-0.1, -0.05) is 0 Å². The first kappa shape index (κ1) is 9.09. The number of rotatable bonds is 0. The first-order valence-electron chi connectivity index (χ1n) is 5.27. The lowest BCUT2D eigenvalue weighted by atomic mass is 9.89. The van der Waals surface area contributed by atoms with Crippen LogP contribution in [0.1, 0.15) is 29.7 Å². The SMILES string of the molecule is Cc1nc2s[nH]c(=O)c2c2c1CCCC2. The van der Waals surface area contributed by atoms with E-state index in [9.17, 15) is 4.79 Å². The summed E-state index contributed by atoms with van der Waals surface area (Å²) in [7, 11) is 0. The first-order chi connectivity index (χ1) is 7.27. The van der Waals surface area contributed by atoms with Crippen molar-refractivity contribution < 1.29 is 0 Å². The zero-order valence-corrected chi connectivity index (χ0v) is 9.41. The number of aryl methyl sites for hydroxylation is 2. The third kappa shape index (κ3) is 1.24. The van der Waals surface area contributed by atoms with Crippen molar-refractivity contribution in [2.75, 3.05) is 0 Å². The van der Waals surface area contributed by atoms with Gasteiger partial charge in [0.1, 0.15) is 4.83 Å². The number of hydrogen-bond donors (Lipinski definition) is 1. The number of H-pyrrole nitrogens is 1. The smallest absolute Gasteiger partial charge is 0.267 e.